The minimum absolute atomic E-state index is 0.0276. The molecule has 0 spiro atoms. The van der Waals surface area contributed by atoms with Gasteiger partial charge in [-0.05, 0) is 19.1 Å². The van der Waals surface area contributed by atoms with Crippen LogP contribution in [0.5, 0.6) is 0 Å². The maximum atomic E-state index is 8.81. The zero-order chi connectivity index (χ0) is 8.55. The third-order valence-electron chi connectivity index (χ3n) is 1.72. The predicted octanol–water partition coefficient (Wildman–Crippen LogP) is 1.63. The Morgan fingerprint density at radius 1 is 1.50 bits per heavy atom. The summed E-state index contributed by atoms with van der Waals surface area (Å²) in [7, 11) is 0. The highest BCUT2D eigenvalue weighted by Gasteiger charge is 2.01. The number of hydrogen-bond acceptors (Lipinski definition) is 3. The molecule has 0 aliphatic carbocycles. The van der Waals surface area contributed by atoms with E-state index < -0.39 is 0 Å². The van der Waals surface area contributed by atoms with Gasteiger partial charge < -0.3 is 9.52 Å². The van der Waals surface area contributed by atoms with Gasteiger partial charge in [-0.2, -0.15) is 0 Å². The maximum Gasteiger partial charge on any atom is 0.152 e. The summed E-state index contributed by atoms with van der Waals surface area (Å²) in [6.07, 6.45) is 0. The summed E-state index contributed by atoms with van der Waals surface area (Å²) in [6, 6.07) is 5.43. The van der Waals surface area contributed by atoms with Crippen LogP contribution in [0.2, 0.25) is 0 Å². The van der Waals surface area contributed by atoms with Gasteiger partial charge in [-0.3, -0.25) is 0 Å². The Labute approximate surface area is 69.7 Å². The molecule has 0 aliphatic rings. The van der Waals surface area contributed by atoms with E-state index >= 15 is 0 Å². The van der Waals surface area contributed by atoms with Crippen molar-refractivity contribution in [1.29, 1.82) is 0 Å². The van der Waals surface area contributed by atoms with Crippen molar-refractivity contribution in [2.75, 3.05) is 0 Å². The Hall–Kier alpha value is -1.35. The van der Waals surface area contributed by atoms with Gasteiger partial charge in [-0.1, -0.05) is 0 Å². The molecule has 0 bridgehead atoms. The second-order valence-corrected chi connectivity index (χ2v) is 2.70. The molecule has 2 rings (SSSR count). The third kappa shape index (κ3) is 1.08. The topological polar surface area (TPSA) is 46.3 Å². The number of aromatic nitrogens is 1. The number of aliphatic hydroxyl groups excluding tert-OH is 1. The van der Waals surface area contributed by atoms with E-state index in [9.17, 15) is 0 Å². The number of aryl methyl sites for hydroxylation is 1. The molecule has 0 aromatic carbocycles. The van der Waals surface area contributed by atoms with Crippen LogP contribution in [0.3, 0.4) is 0 Å². The molecule has 1 N–H and O–H groups in total. The first kappa shape index (κ1) is 7.31. The van der Waals surface area contributed by atoms with Crippen LogP contribution in [0, 0.1) is 6.92 Å². The quantitative estimate of drug-likeness (QED) is 0.695. The van der Waals surface area contributed by atoms with Crippen LogP contribution in [-0.2, 0) is 6.61 Å². The smallest absolute Gasteiger partial charge is 0.152 e. The first-order chi connectivity index (χ1) is 5.79. The fraction of sp³-hybridized carbons (Fsp3) is 0.222. The largest absolute Gasteiger partial charge is 0.460 e. The molecule has 0 aliphatic heterocycles. The standard InChI is InChI=1S/C9H9NO2/c1-6-4-8-9(12-6)3-2-7(5-11)10-8/h2-4,11H,5H2,1H3. The summed E-state index contributed by atoms with van der Waals surface area (Å²) >= 11 is 0. The van der Waals surface area contributed by atoms with E-state index in [4.69, 9.17) is 9.52 Å². The highest BCUT2D eigenvalue weighted by Crippen LogP contribution is 2.16. The Balaban J connectivity index is 2.66. The average Bonchev–Trinajstić information content (AvgIpc) is 2.43. The molecule has 62 valence electrons. The van der Waals surface area contributed by atoms with Gasteiger partial charge in [0.05, 0.1) is 12.3 Å². The number of rotatable bonds is 1. The predicted molar refractivity (Wildman–Crippen MR) is 44.7 cm³/mol. The van der Waals surface area contributed by atoms with E-state index in [0.717, 1.165) is 16.9 Å². The Kier molecular flexibility index (Phi) is 1.59. The Morgan fingerprint density at radius 3 is 3.08 bits per heavy atom. The van der Waals surface area contributed by atoms with Gasteiger partial charge in [0.2, 0.25) is 0 Å². The first-order valence-electron chi connectivity index (χ1n) is 3.76. The molecule has 2 aromatic rings. The van der Waals surface area contributed by atoms with Crippen molar-refractivity contribution in [3.8, 4) is 0 Å². The average molecular weight is 163 g/mol. The zero-order valence-electron chi connectivity index (χ0n) is 6.74. The van der Waals surface area contributed by atoms with Crippen LogP contribution in [0.1, 0.15) is 11.5 Å². The normalized spacial score (nSPS) is 10.8. The second kappa shape index (κ2) is 2.60. The van der Waals surface area contributed by atoms with Gasteiger partial charge in [0.1, 0.15) is 11.3 Å². The lowest BCUT2D eigenvalue weighted by Crippen LogP contribution is -1.86. The molecule has 0 unspecified atom stereocenters. The SMILES string of the molecule is Cc1cc2nc(CO)ccc2o1. The lowest BCUT2D eigenvalue weighted by atomic mass is 10.3. The second-order valence-electron chi connectivity index (χ2n) is 2.70. The van der Waals surface area contributed by atoms with Crippen LogP contribution in [0.25, 0.3) is 11.1 Å². The van der Waals surface area contributed by atoms with Crippen molar-refractivity contribution in [3.63, 3.8) is 0 Å². The van der Waals surface area contributed by atoms with Crippen LogP contribution in [0.4, 0.5) is 0 Å². The van der Waals surface area contributed by atoms with Crippen molar-refractivity contribution in [2.24, 2.45) is 0 Å². The van der Waals surface area contributed by atoms with Gasteiger partial charge in [0.15, 0.2) is 5.58 Å². The summed E-state index contributed by atoms with van der Waals surface area (Å²) in [5, 5.41) is 8.81. The monoisotopic (exact) mass is 163 g/mol. The van der Waals surface area contributed by atoms with Crippen LogP contribution < -0.4 is 0 Å². The van der Waals surface area contributed by atoms with Gasteiger partial charge >= 0.3 is 0 Å². The highest BCUT2D eigenvalue weighted by molar-refractivity contribution is 5.73. The molecular formula is C9H9NO2. The summed E-state index contributed by atoms with van der Waals surface area (Å²) < 4.78 is 5.32. The van der Waals surface area contributed by atoms with E-state index in [1.165, 1.54) is 0 Å². The Bertz CT molecular complexity index is 406. The molecule has 12 heavy (non-hydrogen) atoms. The van der Waals surface area contributed by atoms with Crippen LogP contribution in [0.15, 0.2) is 22.6 Å². The minimum Gasteiger partial charge on any atom is -0.460 e. The van der Waals surface area contributed by atoms with E-state index in [2.05, 4.69) is 4.98 Å². The van der Waals surface area contributed by atoms with Crippen molar-refractivity contribution in [2.45, 2.75) is 13.5 Å². The lowest BCUT2D eigenvalue weighted by molar-refractivity contribution is 0.277. The zero-order valence-corrected chi connectivity index (χ0v) is 6.74. The number of hydrogen-bond donors (Lipinski definition) is 1. The van der Waals surface area contributed by atoms with Crippen LogP contribution in [-0.4, -0.2) is 10.1 Å². The van der Waals surface area contributed by atoms with Gasteiger partial charge in [0.25, 0.3) is 0 Å². The van der Waals surface area contributed by atoms with Gasteiger partial charge in [-0.25, -0.2) is 4.98 Å². The third-order valence-corrected chi connectivity index (χ3v) is 1.72. The van der Waals surface area contributed by atoms with E-state index in [-0.39, 0.29) is 6.61 Å². The molecule has 0 amide bonds. The number of pyridine rings is 1. The van der Waals surface area contributed by atoms with E-state index in [0.29, 0.717) is 5.69 Å². The molecule has 0 saturated carbocycles. The van der Waals surface area contributed by atoms with Crippen molar-refractivity contribution in [1.82, 2.24) is 4.98 Å². The van der Waals surface area contributed by atoms with Crippen molar-refractivity contribution in [3.05, 3.63) is 29.7 Å². The minimum atomic E-state index is -0.0276. The molecule has 0 atom stereocenters. The number of furan rings is 1. The first-order valence-corrected chi connectivity index (χ1v) is 3.76. The highest BCUT2D eigenvalue weighted by atomic mass is 16.3. The number of aliphatic hydroxyl groups is 1. The Morgan fingerprint density at radius 2 is 2.33 bits per heavy atom. The molecule has 3 heteroatoms. The van der Waals surface area contributed by atoms with Gasteiger partial charge in [0, 0.05) is 6.07 Å². The van der Waals surface area contributed by atoms with E-state index in [1.54, 1.807) is 6.07 Å². The lowest BCUT2D eigenvalue weighted by Gasteiger charge is -1.92. The molecule has 0 radical (unpaired) electrons. The molecule has 3 nitrogen and oxygen atoms in total. The fourth-order valence-electron chi connectivity index (χ4n) is 1.18. The summed E-state index contributed by atoms with van der Waals surface area (Å²) in [5.41, 5.74) is 2.24. The molecule has 0 fully saturated rings. The fourth-order valence-corrected chi connectivity index (χ4v) is 1.18. The molecular weight excluding hydrogens is 154 g/mol. The summed E-state index contributed by atoms with van der Waals surface area (Å²) in [6.45, 7) is 1.85. The van der Waals surface area contributed by atoms with Crippen molar-refractivity contribution < 1.29 is 9.52 Å². The van der Waals surface area contributed by atoms with E-state index in [1.807, 2.05) is 19.1 Å². The van der Waals surface area contributed by atoms with Gasteiger partial charge in [-0.15, -0.1) is 0 Å². The molecule has 0 saturated heterocycles. The molecule has 2 aromatic heterocycles. The molecule has 2 heterocycles. The summed E-state index contributed by atoms with van der Waals surface area (Å²) in [4.78, 5) is 4.17. The number of fused-ring (bicyclic) bond motifs is 1. The summed E-state index contributed by atoms with van der Waals surface area (Å²) in [5.74, 6) is 0.840. The maximum absolute atomic E-state index is 8.81. The van der Waals surface area contributed by atoms with Crippen molar-refractivity contribution >= 4 is 11.1 Å². The van der Waals surface area contributed by atoms with Crippen LogP contribution >= 0.6 is 0 Å². The number of nitrogens with zero attached hydrogens (tertiary/aromatic N) is 1.